The molecule has 38 atom stereocenters. The first-order valence-corrected chi connectivity index (χ1v) is 34.1. The summed E-state index contributed by atoms with van der Waals surface area (Å²) < 4.78 is 72.7. The molecule has 5 aliphatic carbocycles. The number of aliphatic hydroxyl groups is 18. The molecule has 0 bridgehead atoms. The lowest BCUT2D eigenvalue weighted by atomic mass is 9.33. The van der Waals surface area contributed by atoms with Crippen LogP contribution in [-0.4, -0.2) is 315 Å². The number of fused-ring (bicyclic) bond motifs is 7. The van der Waals surface area contributed by atoms with Gasteiger partial charge in [-0.25, -0.2) is 0 Å². The Morgan fingerprint density at radius 1 is 0.479 bits per heavy atom. The third-order valence-electron chi connectivity index (χ3n) is 25.2. The largest absolute Gasteiger partial charge is 0.432 e. The fraction of sp³-hybridized carbons (Fsp3) is 0.954. The lowest BCUT2D eigenvalue weighted by Gasteiger charge is -2.72. The van der Waals surface area contributed by atoms with Crippen molar-refractivity contribution in [3.8, 4) is 0 Å². The molecule has 31 nitrogen and oxygen atoms in total. The first kappa shape index (κ1) is 75.2. The molecule has 10 fully saturated rings. The molecule has 6 heterocycles. The molecule has 1 unspecified atom stereocenters. The molecule has 11 rings (SSSR count). The van der Waals surface area contributed by atoms with E-state index in [0.29, 0.717) is 44.9 Å². The van der Waals surface area contributed by atoms with E-state index in [1.54, 1.807) is 0 Å². The second kappa shape index (κ2) is 27.9. The van der Waals surface area contributed by atoms with E-state index in [1.165, 1.54) is 13.8 Å². The van der Waals surface area contributed by atoms with Gasteiger partial charge in [-0.15, -0.1) is 0 Å². The van der Waals surface area contributed by atoms with Crippen LogP contribution in [0.2, 0.25) is 0 Å². The third kappa shape index (κ3) is 12.6. The third-order valence-corrected chi connectivity index (χ3v) is 25.2. The van der Waals surface area contributed by atoms with Crippen LogP contribution in [0.3, 0.4) is 0 Å². The van der Waals surface area contributed by atoms with Gasteiger partial charge in [-0.2, -0.15) is 0 Å². The van der Waals surface area contributed by atoms with E-state index in [1.807, 2.05) is 0 Å². The fourth-order valence-electron chi connectivity index (χ4n) is 19.2. The smallest absolute Gasteiger partial charge is 0.317 e. The lowest BCUT2D eigenvalue weighted by molar-refractivity contribution is -0.391. The zero-order chi connectivity index (χ0) is 70.2. The Balaban J connectivity index is 0.831. The Bertz CT molecular complexity index is 2710. The van der Waals surface area contributed by atoms with Gasteiger partial charge >= 0.3 is 5.97 Å². The van der Waals surface area contributed by atoms with Gasteiger partial charge in [0.05, 0.1) is 50.8 Å². The number of esters is 1. The Morgan fingerprint density at radius 3 is 1.64 bits per heavy atom. The number of hydrogen-bond donors (Lipinski definition) is 18. The van der Waals surface area contributed by atoms with Gasteiger partial charge in [-0.05, 0) is 116 Å². The van der Waals surface area contributed by atoms with Gasteiger partial charge in [0.2, 0.25) is 6.29 Å². The first-order valence-electron chi connectivity index (χ1n) is 34.1. The summed E-state index contributed by atoms with van der Waals surface area (Å²) in [5.41, 5.74) is -3.23. The lowest BCUT2D eigenvalue weighted by Crippen LogP contribution is -2.69. The molecule has 6 aliphatic heterocycles. The fourth-order valence-corrected chi connectivity index (χ4v) is 19.2. The van der Waals surface area contributed by atoms with E-state index in [0.717, 1.165) is 5.57 Å². The van der Waals surface area contributed by atoms with Gasteiger partial charge in [-0.1, -0.05) is 60.1 Å². The van der Waals surface area contributed by atoms with Crippen LogP contribution in [0, 0.1) is 50.2 Å². The molecule has 552 valence electrons. The van der Waals surface area contributed by atoms with Crippen molar-refractivity contribution in [1.29, 1.82) is 0 Å². The number of allylic oxidation sites excluding steroid dienone is 2. The van der Waals surface area contributed by atoms with Crippen molar-refractivity contribution in [2.45, 2.75) is 310 Å². The molecule has 0 aromatic heterocycles. The average molecular weight is 1380 g/mol. The Morgan fingerprint density at radius 2 is 1.00 bits per heavy atom. The minimum atomic E-state index is -2.02. The molecule has 18 N–H and O–H groups in total. The number of hydrogen-bond acceptors (Lipinski definition) is 31. The van der Waals surface area contributed by atoms with Crippen LogP contribution >= 0.6 is 0 Å². The highest BCUT2D eigenvalue weighted by Crippen LogP contribution is 2.76. The number of carbonyl (C=O) groups excluding carboxylic acids is 1. The van der Waals surface area contributed by atoms with Gasteiger partial charge in [0.15, 0.2) is 37.6 Å². The van der Waals surface area contributed by atoms with Crippen LogP contribution in [0.25, 0.3) is 0 Å². The summed E-state index contributed by atoms with van der Waals surface area (Å²) in [7, 11) is 0. The van der Waals surface area contributed by atoms with Gasteiger partial charge in [0, 0.05) is 0 Å². The van der Waals surface area contributed by atoms with E-state index in [2.05, 4.69) is 54.5 Å². The molecule has 11 aliphatic rings. The summed E-state index contributed by atoms with van der Waals surface area (Å²) >= 11 is 0. The molecule has 4 saturated carbocycles. The van der Waals surface area contributed by atoms with Crippen molar-refractivity contribution in [3.05, 3.63) is 11.6 Å². The normalized spacial score (nSPS) is 54.9. The maximum Gasteiger partial charge on any atom is 0.317 e. The van der Waals surface area contributed by atoms with E-state index < -0.39 is 256 Å². The number of carbonyl (C=O) groups is 1. The van der Waals surface area contributed by atoms with Gasteiger partial charge in [0.25, 0.3) is 0 Å². The number of ether oxygens (including phenoxy) is 12. The summed E-state index contributed by atoms with van der Waals surface area (Å²) in [6.45, 7) is 15.2. The summed E-state index contributed by atoms with van der Waals surface area (Å²) in [4.78, 5) is 15.7. The van der Waals surface area contributed by atoms with Crippen LogP contribution in [-0.2, 0) is 61.6 Å². The van der Waals surface area contributed by atoms with Crippen LogP contribution in [0.5, 0.6) is 0 Å². The first-order chi connectivity index (χ1) is 45.0. The summed E-state index contributed by atoms with van der Waals surface area (Å²) in [6, 6.07) is 0. The zero-order valence-electron chi connectivity index (χ0n) is 55.8. The minimum Gasteiger partial charge on any atom is -0.432 e. The maximum absolute atomic E-state index is 15.7. The standard InChI is InChI=1S/C65H106O31/c1-24-36(71)40(75)45(80)54(86-24)95-52-48(83)50(93-53-44(79)37(72)28(69)23-85-53)31(22-68)90-57(52)91-35-13-14-62(7)32(61(35,5)6)12-15-63(8)33(62)11-10-26-27-18-60(3,4)16-17-65(27,34(70)19-64(26,63)9)59(84)96-58-51(42(77)39(74)30(21-67)89-58)94-55-47(82)43(78)49(25(2)87-55)92-56-46(81)41(76)38(73)29(20-66)88-56/h10,24-25,27-58,66-83H,11-23H2,1-9H3/t24-,25-,27-,28+,29+,30+,31+,32-,33+,34+,35?,36-,37-,38+,39+,40+,41-,42-,43-,44+,45+,46+,47+,48-,49-,50+,51+,52+,53-,54-,55-,56-,57-,58-,62-,63+,64+,65+/m0/s1. The maximum atomic E-state index is 15.7. The Labute approximate surface area is 556 Å². The van der Waals surface area contributed by atoms with Gasteiger partial charge in [-0.3, -0.25) is 4.79 Å². The van der Waals surface area contributed by atoms with Gasteiger partial charge in [0.1, 0.15) is 127 Å². The quantitative estimate of drug-likeness (QED) is 0.0416. The van der Waals surface area contributed by atoms with Crippen molar-refractivity contribution in [3.63, 3.8) is 0 Å². The van der Waals surface area contributed by atoms with Crippen molar-refractivity contribution in [2.24, 2.45) is 50.2 Å². The van der Waals surface area contributed by atoms with Crippen LogP contribution in [0.15, 0.2) is 11.6 Å². The second-order valence-electron chi connectivity index (χ2n) is 31.5. The monoisotopic (exact) mass is 1380 g/mol. The van der Waals surface area contributed by atoms with Gasteiger partial charge < -0.3 is 149 Å². The zero-order valence-corrected chi connectivity index (χ0v) is 55.8. The van der Waals surface area contributed by atoms with Crippen molar-refractivity contribution < 1.29 is 154 Å². The molecule has 0 aromatic carbocycles. The molecule has 96 heavy (non-hydrogen) atoms. The van der Waals surface area contributed by atoms with E-state index in [9.17, 15) is 91.9 Å². The van der Waals surface area contributed by atoms with Crippen molar-refractivity contribution in [1.82, 2.24) is 0 Å². The predicted octanol–water partition coefficient (Wildman–Crippen LogP) is -4.72. The second-order valence-corrected chi connectivity index (χ2v) is 31.5. The topological polar surface area (TPSA) is 492 Å². The molecular weight excluding hydrogens is 1280 g/mol. The number of rotatable bonds is 15. The van der Waals surface area contributed by atoms with E-state index in [-0.39, 0.29) is 30.1 Å². The highest BCUT2D eigenvalue weighted by molar-refractivity contribution is 5.80. The minimum absolute atomic E-state index is 0.00257. The highest BCUT2D eigenvalue weighted by atomic mass is 16.8. The Hall–Kier alpha value is -1.95. The molecule has 31 heteroatoms. The molecule has 0 amide bonds. The average Bonchev–Trinajstić information content (AvgIpc) is 0.672. The summed E-state index contributed by atoms with van der Waals surface area (Å²) in [5, 5.41) is 198. The van der Waals surface area contributed by atoms with Crippen molar-refractivity contribution in [2.75, 3.05) is 26.4 Å². The number of aliphatic hydroxyl groups excluding tert-OH is 18. The molecule has 0 radical (unpaired) electrons. The van der Waals surface area contributed by atoms with E-state index in [4.69, 9.17) is 56.8 Å². The van der Waals surface area contributed by atoms with Crippen molar-refractivity contribution >= 4 is 5.97 Å². The predicted molar refractivity (Wildman–Crippen MR) is 321 cm³/mol. The summed E-state index contributed by atoms with van der Waals surface area (Å²) in [5.74, 6) is -1.55. The van der Waals surface area contributed by atoms with Crippen LogP contribution < -0.4 is 0 Å². The molecular formula is C65H106O31. The molecule has 0 aromatic rings. The van der Waals surface area contributed by atoms with Crippen LogP contribution in [0.1, 0.15) is 120 Å². The Kier molecular flexibility index (Phi) is 21.9. The van der Waals surface area contributed by atoms with E-state index >= 15 is 4.79 Å². The van der Waals surface area contributed by atoms with Crippen LogP contribution in [0.4, 0.5) is 0 Å². The molecule has 0 spiro atoms. The highest BCUT2D eigenvalue weighted by Gasteiger charge is 2.73. The molecule has 6 saturated heterocycles. The SMILES string of the molecule is C[C@@H]1O[C@@H](O[C@H]2[C@H](OC3CC[C@]4(C)[C@H]5CC=C6[C@@H]7CC(C)(C)CC[C@]7(C(=O)O[C@@H]7O[C@H](CO)[C@@H](O)[C@H](O)[C@H]7O[C@@H]7O[C@@H](C)[C@H](O[C@@H]8O[C@H](CO)[C@@H](O)[C@H](O)[C@H]8O)[C@@H](O)[C@H]7O)[C@H](O)C[C@@]6(C)[C@]5(C)CC[C@H]4C3(C)C)O[C@H](CO)[C@@H](O[C@@H]3OC[C@@H](O)[C@H](O)[C@H]3O)[C@@H]2O)[C@H](O)[C@H](O)[C@H]1O. The summed E-state index contributed by atoms with van der Waals surface area (Å²) in [6.07, 6.45) is -43.8.